The zero-order chi connectivity index (χ0) is 18.4. The van der Waals surface area contributed by atoms with E-state index >= 15 is 0 Å². The zero-order valence-corrected chi connectivity index (χ0v) is 15.4. The summed E-state index contributed by atoms with van der Waals surface area (Å²) in [5, 5.41) is 6.73. The van der Waals surface area contributed by atoms with Crippen molar-refractivity contribution in [1.82, 2.24) is 9.97 Å². The number of nitrogens with zero attached hydrogens (tertiary/aromatic N) is 2. The van der Waals surface area contributed by atoms with Crippen molar-refractivity contribution in [2.24, 2.45) is 0 Å². The van der Waals surface area contributed by atoms with Crippen molar-refractivity contribution >= 4 is 17.3 Å². The number of hydrogen-bond acceptors (Lipinski definition) is 5. The SMILES string of the molecule is COc1ccccc1CNc1cc(Nc2ccccc2C(C)C)ncn1. The number of nitrogens with one attached hydrogen (secondary N) is 2. The molecule has 0 unspecified atom stereocenters. The Morgan fingerprint density at radius 3 is 2.50 bits per heavy atom. The predicted octanol–water partition coefficient (Wildman–Crippen LogP) is 4.96. The molecule has 0 saturated carbocycles. The van der Waals surface area contributed by atoms with Crippen LogP contribution in [-0.4, -0.2) is 17.1 Å². The molecular formula is C21H24N4O. The topological polar surface area (TPSA) is 59.1 Å². The van der Waals surface area contributed by atoms with Gasteiger partial charge >= 0.3 is 0 Å². The van der Waals surface area contributed by atoms with E-state index in [-0.39, 0.29) is 0 Å². The third kappa shape index (κ3) is 4.30. The zero-order valence-electron chi connectivity index (χ0n) is 15.4. The number of benzene rings is 2. The molecule has 0 atom stereocenters. The first-order valence-corrected chi connectivity index (χ1v) is 8.71. The molecule has 26 heavy (non-hydrogen) atoms. The lowest BCUT2D eigenvalue weighted by Crippen LogP contribution is -2.05. The Labute approximate surface area is 154 Å². The molecule has 0 aliphatic rings. The van der Waals surface area contributed by atoms with Gasteiger partial charge in [-0.05, 0) is 23.6 Å². The van der Waals surface area contributed by atoms with Gasteiger partial charge in [0.15, 0.2) is 0 Å². The van der Waals surface area contributed by atoms with Crippen LogP contribution in [0.15, 0.2) is 60.9 Å². The highest BCUT2D eigenvalue weighted by Crippen LogP contribution is 2.26. The highest BCUT2D eigenvalue weighted by molar-refractivity contribution is 5.63. The molecule has 5 nitrogen and oxygen atoms in total. The molecule has 0 saturated heterocycles. The monoisotopic (exact) mass is 348 g/mol. The summed E-state index contributed by atoms with van der Waals surface area (Å²) in [6.07, 6.45) is 1.56. The Morgan fingerprint density at radius 1 is 0.962 bits per heavy atom. The highest BCUT2D eigenvalue weighted by Gasteiger charge is 2.07. The molecule has 0 amide bonds. The Balaban J connectivity index is 1.73. The lowest BCUT2D eigenvalue weighted by molar-refractivity contribution is 0.410. The van der Waals surface area contributed by atoms with Gasteiger partial charge < -0.3 is 15.4 Å². The third-order valence-electron chi connectivity index (χ3n) is 4.17. The summed E-state index contributed by atoms with van der Waals surface area (Å²) in [5.74, 6) is 2.81. The molecular weight excluding hydrogens is 324 g/mol. The van der Waals surface area contributed by atoms with Gasteiger partial charge in [-0.25, -0.2) is 9.97 Å². The van der Waals surface area contributed by atoms with Crippen LogP contribution in [0.5, 0.6) is 5.75 Å². The van der Waals surface area contributed by atoms with Gasteiger partial charge in [0, 0.05) is 23.9 Å². The van der Waals surface area contributed by atoms with Crippen molar-refractivity contribution in [2.45, 2.75) is 26.3 Å². The van der Waals surface area contributed by atoms with Crippen LogP contribution in [0.3, 0.4) is 0 Å². The van der Waals surface area contributed by atoms with Gasteiger partial charge in [-0.1, -0.05) is 50.2 Å². The molecule has 1 heterocycles. The first-order valence-electron chi connectivity index (χ1n) is 8.71. The third-order valence-corrected chi connectivity index (χ3v) is 4.17. The van der Waals surface area contributed by atoms with Gasteiger partial charge in [-0.15, -0.1) is 0 Å². The number of methoxy groups -OCH3 is 1. The number of rotatable bonds is 7. The van der Waals surface area contributed by atoms with Crippen molar-refractivity contribution in [2.75, 3.05) is 17.7 Å². The largest absolute Gasteiger partial charge is 0.496 e. The molecule has 0 spiro atoms. The van der Waals surface area contributed by atoms with E-state index < -0.39 is 0 Å². The van der Waals surface area contributed by atoms with Gasteiger partial charge in [0.1, 0.15) is 23.7 Å². The Bertz CT molecular complexity index is 864. The maximum absolute atomic E-state index is 5.39. The molecule has 0 bridgehead atoms. The standard InChI is InChI=1S/C21H24N4O/c1-15(2)17-9-5-6-10-18(17)25-21-12-20(23-14-24-21)22-13-16-8-4-7-11-19(16)26-3/h4-12,14-15H,13H2,1-3H3,(H2,22,23,24,25). The van der Waals surface area contributed by atoms with Gasteiger partial charge in [-0.2, -0.15) is 0 Å². The van der Waals surface area contributed by atoms with Crippen LogP contribution in [0.25, 0.3) is 0 Å². The molecule has 2 N–H and O–H groups in total. The Hall–Kier alpha value is -3.08. The lowest BCUT2D eigenvalue weighted by atomic mass is 10.0. The summed E-state index contributed by atoms with van der Waals surface area (Å²) >= 11 is 0. The molecule has 134 valence electrons. The maximum atomic E-state index is 5.39. The molecule has 0 aliphatic heterocycles. The quantitative estimate of drug-likeness (QED) is 0.632. The fourth-order valence-corrected chi connectivity index (χ4v) is 2.81. The number of aromatic nitrogens is 2. The summed E-state index contributed by atoms with van der Waals surface area (Å²) < 4.78 is 5.39. The van der Waals surface area contributed by atoms with Crippen molar-refractivity contribution in [1.29, 1.82) is 0 Å². The highest BCUT2D eigenvalue weighted by atomic mass is 16.5. The molecule has 1 aromatic heterocycles. The summed E-state index contributed by atoms with van der Waals surface area (Å²) in [6, 6.07) is 18.1. The van der Waals surface area contributed by atoms with E-state index in [4.69, 9.17) is 4.74 Å². The number of hydrogen-bond donors (Lipinski definition) is 2. The summed E-state index contributed by atoms with van der Waals surface area (Å²) in [7, 11) is 1.68. The summed E-state index contributed by atoms with van der Waals surface area (Å²) in [4.78, 5) is 8.64. The lowest BCUT2D eigenvalue weighted by Gasteiger charge is -2.14. The van der Waals surface area contributed by atoms with Gasteiger partial charge in [0.05, 0.1) is 7.11 Å². The molecule has 3 rings (SSSR count). The van der Waals surface area contributed by atoms with Crippen molar-refractivity contribution < 1.29 is 4.74 Å². The first-order chi connectivity index (χ1) is 12.7. The van der Waals surface area contributed by atoms with Gasteiger partial charge in [0.2, 0.25) is 0 Å². The second-order valence-electron chi connectivity index (χ2n) is 6.32. The van der Waals surface area contributed by atoms with Crippen LogP contribution in [0.2, 0.25) is 0 Å². The number of ether oxygens (including phenoxy) is 1. The maximum Gasteiger partial charge on any atom is 0.135 e. The molecule has 0 fully saturated rings. The molecule has 2 aromatic carbocycles. The van der Waals surface area contributed by atoms with Crippen LogP contribution in [0.1, 0.15) is 30.9 Å². The number of anilines is 3. The van der Waals surface area contributed by atoms with Crippen molar-refractivity contribution in [3.8, 4) is 5.75 Å². The molecule has 0 aliphatic carbocycles. The Morgan fingerprint density at radius 2 is 1.69 bits per heavy atom. The van der Waals surface area contributed by atoms with E-state index in [9.17, 15) is 0 Å². The normalized spacial score (nSPS) is 10.6. The van der Waals surface area contributed by atoms with E-state index in [2.05, 4.69) is 52.6 Å². The van der Waals surface area contributed by atoms with Gasteiger partial charge in [-0.3, -0.25) is 0 Å². The second-order valence-corrected chi connectivity index (χ2v) is 6.32. The van der Waals surface area contributed by atoms with Crippen LogP contribution >= 0.6 is 0 Å². The average molecular weight is 348 g/mol. The first kappa shape index (κ1) is 17.7. The molecule has 0 radical (unpaired) electrons. The summed E-state index contributed by atoms with van der Waals surface area (Å²) in [6.45, 7) is 4.99. The average Bonchev–Trinajstić information content (AvgIpc) is 2.67. The fourth-order valence-electron chi connectivity index (χ4n) is 2.81. The van der Waals surface area contributed by atoms with E-state index in [1.165, 1.54) is 5.56 Å². The minimum absolute atomic E-state index is 0.434. The summed E-state index contributed by atoms with van der Waals surface area (Å²) in [5.41, 5.74) is 3.40. The fraction of sp³-hybridized carbons (Fsp3) is 0.238. The smallest absolute Gasteiger partial charge is 0.135 e. The van der Waals surface area contributed by atoms with Crippen molar-refractivity contribution in [3.63, 3.8) is 0 Å². The minimum atomic E-state index is 0.434. The molecule has 3 aromatic rings. The van der Waals surface area contributed by atoms with Crippen LogP contribution < -0.4 is 15.4 Å². The second kappa shape index (κ2) is 8.34. The van der Waals surface area contributed by atoms with Crippen LogP contribution in [0, 0.1) is 0 Å². The minimum Gasteiger partial charge on any atom is -0.496 e. The molecule has 5 heteroatoms. The van der Waals surface area contributed by atoms with E-state index in [0.717, 1.165) is 28.6 Å². The van der Waals surface area contributed by atoms with Gasteiger partial charge in [0.25, 0.3) is 0 Å². The van der Waals surface area contributed by atoms with E-state index in [0.29, 0.717) is 12.5 Å². The number of para-hydroxylation sites is 2. The predicted molar refractivity (Wildman–Crippen MR) is 106 cm³/mol. The van der Waals surface area contributed by atoms with Crippen molar-refractivity contribution in [3.05, 3.63) is 72.1 Å². The van der Waals surface area contributed by atoms with E-state index in [1.807, 2.05) is 36.4 Å². The van der Waals surface area contributed by atoms with Crippen LogP contribution in [-0.2, 0) is 6.54 Å². The van der Waals surface area contributed by atoms with E-state index in [1.54, 1.807) is 13.4 Å². The Kier molecular flexibility index (Phi) is 5.69. The van der Waals surface area contributed by atoms with Crippen LogP contribution in [0.4, 0.5) is 17.3 Å².